The van der Waals surface area contributed by atoms with E-state index in [0.717, 1.165) is 28.0 Å². The van der Waals surface area contributed by atoms with Crippen LogP contribution in [0.25, 0.3) is 10.2 Å². The van der Waals surface area contributed by atoms with Gasteiger partial charge in [-0.05, 0) is 17.5 Å². The molecule has 4 rings (SSSR count). The van der Waals surface area contributed by atoms with Gasteiger partial charge in [0.2, 0.25) is 5.91 Å². The number of nitrogens with two attached hydrogens (primary N) is 1. The fourth-order valence-corrected chi connectivity index (χ4v) is 6.28. The molecule has 0 saturated heterocycles. The summed E-state index contributed by atoms with van der Waals surface area (Å²) in [5.41, 5.74) is 8.67. The lowest BCUT2D eigenvalue weighted by Gasteiger charge is -2.28. The molecular weight excluding hydrogens is 408 g/mol. The predicted molar refractivity (Wildman–Crippen MR) is 120 cm³/mol. The predicted octanol–water partition coefficient (Wildman–Crippen LogP) is 4.25. The van der Waals surface area contributed by atoms with E-state index in [0.29, 0.717) is 17.5 Å². The van der Waals surface area contributed by atoms with Crippen molar-refractivity contribution < 1.29 is 4.79 Å². The lowest BCUT2D eigenvalue weighted by Crippen LogP contribution is -2.24. The molecule has 1 aromatic carbocycles. The van der Waals surface area contributed by atoms with E-state index < -0.39 is 0 Å². The Morgan fingerprint density at radius 2 is 2.07 bits per heavy atom. The van der Waals surface area contributed by atoms with Crippen LogP contribution in [-0.4, -0.2) is 26.4 Å². The number of benzene rings is 1. The van der Waals surface area contributed by atoms with E-state index >= 15 is 0 Å². The molecule has 1 aliphatic heterocycles. The highest BCUT2D eigenvalue weighted by atomic mass is 32.2. The maximum Gasteiger partial charge on any atom is 0.230 e. The van der Waals surface area contributed by atoms with E-state index in [4.69, 9.17) is 5.73 Å². The minimum absolute atomic E-state index is 0.0419. The number of nitrogens with zero attached hydrogens (tertiary/aromatic N) is 2. The topological polar surface area (TPSA) is 80.9 Å². The number of nitrogen functional groups attached to an aromatic ring is 1. The molecule has 3 heterocycles. The van der Waals surface area contributed by atoms with Gasteiger partial charge < -0.3 is 11.1 Å². The molecule has 1 amide bonds. The van der Waals surface area contributed by atoms with Crippen LogP contribution in [0, 0.1) is 0 Å². The van der Waals surface area contributed by atoms with Crippen molar-refractivity contribution in [1.82, 2.24) is 15.3 Å². The first-order chi connectivity index (χ1) is 13.4. The second-order valence-electron chi connectivity index (χ2n) is 7.35. The van der Waals surface area contributed by atoms with Crippen LogP contribution in [0.3, 0.4) is 0 Å². The van der Waals surface area contributed by atoms with Crippen molar-refractivity contribution in [3.05, 3.63) is 46.3 Å². The van der Waals surface area contributed by atoms with Crippen molar-refractivity contribution >= 4 is 56.8 Å². The molecule has 1 aliphatic rings. The van der Waals surface area contributed by atoms with Crippen molar-refractivity contribution in [2.24, 2.45) is 0 Å². The molecule has 0 atom stereocenters. The van der Waals surface area contributed by atoms with Crippen LogP contribution in [0.15, 0.2) is 35.5 Å². The molecule has 3 aromatic rings. The van der Waals surface area contributed by atoms with Gasteiger partial charge in [0, 0.05) is 21.9 Å². The molecule has 0 fully saturated rings. The Morgan fingerprint density at radius 1 is 1.29 bits per heavy atom. The first-order valence-electron chi connectivity index (χ1n) is 9.06. The maximum atomic E-state index is 12.1. The molecule has 0 radical (unpaired) electrons. The largest absolute Gasteiger partial charge is 0.383 e. The van der Waals surface area contributed by atoms with Crippen LogP contribution in [0.4, 0.5) is 5.82 Å². The average molecular weight is 431 g/mol. The zero-order valence-corrected chi connectivity index (χ0v) is 18.3. The number of carbonyl (C=O) groups is 1. The van der Waals surface area contributed by atoms with Gasteiger partial charge in [-0.1, -0.05) is 55.9 Å². The average Bonchev–Trinajstić information content (AvgIpc) is 3.02. The summed E-state index contributed by atoms with van der Waals surface area (Å²) in [6.45, 7) is 5.05. The van der Waals surface area contributed by atoms with Gasteiger partial charge in [0.1, 0.15) is 10.6 Å². The molecule has 3 N–H and O–H groups in total. The van der Waals surface area contributed by atoms with Crippen molar-refractivity contribution in [1.29, 1.82) is 0 Å². The Morgan fingerprint density at radius 3 is 2.86 bits per heavy atom. The van der Waals surface area contributed by atoms with Gasteiger partial charge in [-0.15, -0.1) is 23.1 Å². The number of rotatable bonds is 5. The lowest BCUT2D eigenvalue weighted by molar-refractivity contribution is -0.118. The van der Waals surface area contributed by atoms with E-state index in [1.165, 1.54) is 22.2 Å². The number of amides is 1. The molecule has 0 bridgehead atoms. The minimum Gasteiger partial charge on any atom is -0.383 e. The summed E-state index contributed by atoms with van der Waals surface area (Å²) in [5.74, 6) is 1.75. The van der Waals surface area contributed by atoms with Crippen molar-refractivity contribution in [2.45, 2.75) is 42.5 Å². The van der Waals surface area contributed by atoms with Crippen LogP contribution >= 0.6 is 34.9 Å². The van der Waals surface area contributed by atoms with Crippen molar-refractivity contribution in [2.75, 3.05) is 11.5 Å². The SMILES string of the molecule is CC1(C)Cc2c(sc3nc(SCC(=O)NCc4ccccc4)nc(N)c23)CS1. The molecule has 0 spiro atoms. The van der Waals surface area contributed by atoms with E-state index in [1.807, 2.05) is 42.1 Å². The third kappa shape index (κ3) is 4.29. The monoisotopic (exact) mass is 430 g/mol. The molecule has 0 aliphatic carbocycles. The van der Waals surface area contributed by atoms with Gasteiger partial charge in [0.15, 0.2) is 5.16 Å². The maximum absolute atomic E-state index is 12.1. The number of fused-ring (bicyclic) bond motifs is 3. The zero-order valence-electron chi connectivity index (χ0n) is 15.8. The van der Waals surface area contributed by atoms with Gasteiger partial charge in [-0.3, -0.25) is 4.79 Å². The normalized spacial score (nSPS) is 15.4. The highest BCUT2D eigenvalue weighted by molar-refractivity contribution is 8.00. The summed E-state index contributed by atoms with van der Waals surface area (Å²) in [6.07, 6.45) is 0.981. The fourth-order valence-electron chi connectivity index (χ4n) is 3.19. The smallest absolute Gasteiger partial charge is 0.230 e. The molecule has 0 unspecified atom stereocenters. The number of anilines is 1. The number of aromatic nitrogens is 2. The second-order valence-corrected chi connectivity index (χ2v) is 11.1. The summed E-state index contributed by atoms with van der Waals surface area (Å²) in [4.78, 5) is 23.6. The third-order valence-corrected chi connectivity index (χ3v) is 8.12. The van der Waals surface area contributed by atoms with E-state index in [1.54, 1.807) is 11.3 Å². The highest BCUT2D eigenvalue weighted by Gasteiger charge is 2.30. The molecule has 0 saturated carbocycles. The summed E-state index contributed by atoms with van der Waals surface area (Å²) in [6, 6.07) is 9.86. The van der Waals surface area contributed by atoms with Crippen LogP contribution in [0.1, 0.15) is 29.9 Å². The molecule has 5 nitrogen and oxygen atoms in total. The van der Waals surface area contributed by atoms with Gasteiger partial charge in [-0.2, -0.15) is 0 Å². The number of nitrogens with one attached hydrogen (secondary N) is 1. The van der Waals surface area contributed by atoms with Gasteiger partial charge in [0.25, 0.3) is 0 Å². The summed E-state index contributed by atoms with van der Waals surface area (Å²) in [5, 5.41) is 4.49. The number of carbonyl (C=O) groups excluding carboxylic acids is 1. The molecule has 8 heteroatoms. The number of hydrogen-bond donors (Lipinski definition) is 2. The third-order valence-electron chi connectivity index (χ3n) is 4.60. The minimum atomic E-state index is -0.0419. The quantitative estimate of drug-likeness (QED) is 0.465. The Kier molecular flexibility index (Phi) is 5.53. The Balaban J connectivity index is 1.44. The van der Waals surface area contributed by atoms with Crippen LogP contribution in [0.2, 0.25) is 0 Å². The van der Waals surface area contributed by atoms with E-state index in [9.17, 15) is 4.79 Å². The first-order valence-corrected chi connectivity index (χ1v) is 11.9. The van der Waals surface area contributed by atoms with E-state index in [2.05, 4.69) is 29.1 Å². The zero-order chi connectivity index (χ0) is 19.7. The van der Waals surface area contributed by atoms with Crippen molar-refractivity contribution in [3.63, 3.8) is 0 Å². The fraction of sp³-hybridized carbons (Fsp3) is 0.350. The lowest BCUT2D eigenvalue weighted by atomic mass is 9.99. The summed E-state index contributed by atoms with van der Waals surface area (Å²) in [7, 11) is 0. The van der Waals surface area contributed by atoms with Crippen LogP contribution < -0.4 is 11.1 Å². The van der Waals surface area contributed by atoms with Crippen LogP contribution in [0.5, 0.6) is 0 Å². The second kappa shape index (κ2) is 7.93. The molecule has 146 valence electrons. The van der Waals surface area contributed by atoms with Gasteiger partial charge >= 0.3 is 0 Å². The Hall–Kier alpha value is -1.77. The molecular formula is C20H22N4OS3. The van der Waals surface area contributed by atoms with Gasteiger partial charge in [-0.25, -0.2) is 9.97 Å². The standard InChI is InChI=1S/C20H22N4OS3/c1-20(2)8-13-14(10-27-20)28-18-16(13)17(21)23-19(24-18)26-11-15(25)22-9-12-6-4-3-5-7-12/h3-7H,8-11H2,1-2H3,(H,22,25)(H2,21,23,24). The summed E-state index contributed by atoms with van der Waals surface area (Å²) < 4.78 is 0.206. The summed E-state index contributed by atoms with van der Waals surface area (Å²) >= 11 is 5.00. The van der Waals surface area contributed by atoms with Crippen molar-refractivity contribution in [3.8, 4) is 0 Å². The Labute approximate surface area is 176 Å². The highest BCUT2D eigenvalue weighted by Crippen LogP contribution is 2.45. The van der Waals surface area contributed by atoms with Crippen LogP contribution in [-0.2, 0) is 23.5 Å². The number of thioether (sulfide) groups is 2. The first kappa shape index (κ1) is 19.5. The Bertz CT molecular complexity index is 1020. The number of thiophene rings is 1. The van der Waals surface area contributed by atoms with Gasteiger partial charge in [0.05, 0.1) is 11.1 Å². The molecule has 28 heavy (non-hydrogen) atoms. The van der Waals surface area contributed by atoms with E-state index in [-0.39, 0.29) is 16.4 Å². The molecule has 2 aromatic heterocycles. The number of hydrogen-bond acceptors (Lipinski definition) is 7.